The summed E-state index contributed by atoms with van der Waals surface area (Å²) in [4.78, 5) is 22.7. The molecule has 2 N–H and O–H groups in total. The SMILES string of the molecule is Cc1c(C(=O)NCCC(O)c2ccc3c(c2)OCO3)cccc1[N+](=O)[O-]. The zero-order valence-electron chi connectivity index (χ0n) is 14.1. The molecule has 136 valence electrons. The summed E-state index contributed by atoms with van der Waals surface area (Å²) in [6.45, 7) is 1.92. The number of nitrogens with zero attached hydrogens (tertiary/aromatic N) is 1. The number of carbonyl (C=O) groups excluding carboxylic acids is 1. The molecule has 1 amide bonds. The van der Waals surface area contributed by atoms with Crippen LogP contribution in [-0.4, -0.2) is 29.3 Å². The molecule has 1 atom stereocenters. The van der Waals surface area contributed by atoms with Crippen LogP contribution in [0.15, 0.2) is 36.4 Å². The lowest BCUT2D eigenvalue weighted by atomic mass is 10.0. The van der Waals surface area contributed by atoms with Crippen molar-refractivity contribution in [1.29, 1.82) is 0 Å². The lowest BCUT2D eigenvalue weighted by molar-refractivity contribution is -0.385. The third-order valence-corrected chi connectivity index (χ3v) is 4.23. The van der Waals surface area contributed by atoms with E-state index < -0.39 is 16.9 Å². The second-order valence-corrected chi connectivity index (χ2v) is 5.88. The number of fused-ring (bicyclic) bond motifs is 1. The molecule has 2 aromatic rings. The van der Waals surface area contributed by atoms with Gasteiger partial charge >= 0.3 is 0 Å². The Kier molecular flexibility index (Phi) is 5.04. The van der Waals surface area contributed by atoms with Gasteiger partial charge in [-0.1, -0.05) is 12.1 Å². The van der Waals surface area contributed by atoms with E-state index in [1.807, 2.05) is 0 Å². The van der Waals surface area contributed by atoms with E-state index in [0.29, 0.717) is 29.0 Å². The smallest absolute Gasteiger partial charge is 0.273 e. The highest BCUT2D eigenvalue weighted by Crippen LogP contribution is 2.34. The van der Waals surface area contributed by atoms with Crippen LogP contribution in [0.4, 0.5) is 5.69 Å². The van der Waals surface area contributed by atoms with Crippen molar-refractivity contribution in [2.75, 3.05) is 13.3 Å². The Morgan fingerprint density at radius 2 is 2.08 bits per heavy atom. The summed E-state index contributed by atoms with van der Waals surface area (Å²) in [6, 6.07) is 9.54. The number of hydrogen-bond acceptors (Lipinski definition) is 6. The summed E-state index contributed by atoms with van der Waals surface area (Å²) in [5.74, 6) is 0.803. The molecule has 0 aromatic heterocycles. The summed E-state index contributed by atoms with van der Waals surface area (Å²) in [6.07, 6.45) is -0.490. The zero-order valence-corrected chi connectivity index (χ0v) is 14.1. The molecule has 26 heavy (non-hydrogen) atoms. The summed E-state index contributed by atoms with van der Waals surface area (Å²) in [5.41, 5.74) is 1.12. The highest BCUT2D eigenvalue weighted by molar-refractivity contribution is 5.96. The minimum Gasteiger partial charge on any atom is -0.454 e. The van der Waals surface area contributed by atoms with E-state index in [4.69, 9.17) is 9.47 Å². The topological polar surface area (TPSA) is 111 Å². The van der Waals surface area contributed by atoms with Gasteiger partial charge in [0.15, 0.2) is 11.5 Å². The monoisotopic (exact) mass is 358 g/mol. The van der Waals surface area contributed by atoms with Gasteiger partial charge in [-0.15, -0.1) is 0 Å². The molecule has 0 spiro atoms. The van der Waals surface area contributed by atoms with Gasteiger partial charge in [0.25, 0.3) is 11.6 Å². The number of carbonyl (C=O) groups is 1. The van der Waals surface area contributed by atoms with Crippen LogP contribution in [0, 0.1) is 17.0 Å². The van der Waals surface area contributed by atoms with E-state index in [9.17, 15) is 20.0 Å². The Bertz CT molecular complexity index is 852. The second-order valence-electron chi connectivity index (χ2n) is 5.88. The molecular formula is C18H18N2O6. The first-order valence-corrected chi connectivity index (χ1v) is 8.07. The van der Waals surface area contributed by atoms with Crippen molar-refractivity contribution in [2.45, 2.75) is 19.4 Å². The van der Waals surface area contributed by atoms with E-state index in [1.54, 1.807) is 18.2 Å². The molecule has 2 aromatic carbocycles. The minimum absolute atomic E-state index is 0.0990. The van der Waals surface area contributed by atoms with Gasteiger partial charge in [0.1, 0.15) is 0 Å². The van der Waals surface area contributed by atoms with Crippen LogP contribution in [0.2, 0.25) is 0 Å². The molecule has 0 bridgehead atoms. The first-order valence-electron chi connectivity index (χ1n) is 8.07. The first kappa shape index (κ1) is 17.7. The molecule has 1 aliphatic rings. The Hall–Kier alpha value is -3.13. The van der Waals surface area contributed by atoms with Crippen molar-refractivity contribution in [3.8, 4) is 11.5 Å². The number of aliphatic hydroxyl groups excluding tert-OH is 1. The lowest BCUT2D eigenvalue weighted by Crippen LogP contribution is -2.26. The fourth-order valence-electron chi connectivity index (χ4n) is 2.77. The summed E-state index contributed by atoms with van der Waals surface area (Å²) in [5, 5.41) is 23.9. The number of nitrogens with one attached hydrogen (secondary N) is 1. The van der Waals surface area contributed by atoms with E-state index in [1.165, 1.54) is 25.1 Å². The molecule has 0 saturated carbocycles. The number of nitro benzene ring substituents is 1. The maximum absolute atomic E-state index is 12.3. The van der Waals surface area contributed by atoms with E-state index >= 15 is 0 Å². The fourth-order valence-corrected chi connectivity index (χ4v) is 2.77. The second kappa shape index (κ2) is 7.40. The van der Waals surface area contributed by atoms with Gasteiger partial charge in [0, 0.05) is 23.7 Å². The van der Waals surface area contributed by atoms with Crippen LogP contribution in [-0.2, 0) is 0 Å². The molecule has 0 fully saturated rings. The highest BCUT2D eigenvalue weighted by atomic mass is 16.7. The maximum atomic E-state index is 12.3. The van der Waals surface area contributed by atoms with Gasteiger partial charge in [0.2, 0.25) is 6.79 Å². The fraction of sp³-hybridized carbons (Fsp3) is 0.278. The van der Waals surface area contributed by atoms with Crippen molar-refractivity contribution >= 4 is 11.6 Å². The third-order valence-electron chi connectivity index (χ3n) is 4.23. The van der Waals surface area contributed by atoms with Crippen LogP contribution in [0.5, 0.6) is 11.5 Å². The van der Waals surface area contributed by atoms with E-state index in [-0.39, 0.29) is 24.6 Å². The normalized spacial score (nSPS) is 13.3. The molecule has 0 radical (unpaired) electrons. The van der Waals surface area contributed by atoms with Crippen molar-refractivity contribution < 1.29 is 24.3 Å². The van der Waals surface area contributed by atoms with Gasteiger partial charge in [-0.3, -0.25) is 14.9 Å². The Morgan fingerprint density at radius 3 is 2.85 bits per heavy atom. The zero-order chi connectivity index (χ0) is 18.7. The predicted molar refractivity (Wildman–Crippen MR) is 92.3 cm³/mol. The van der Waals surface area contributed by atoms with Crippen LogP contribution in [0.1, 0.15) is 34.0 Å². The van der Waals surface area contributed by atoms with Crippen molar-refractivity contribution in [3.05, 3.63) is 63.2 Å². The van der Waals surface area contributed by atoms with Gasteiger partial charge in [-0.25, -0.2) is 0 Å². The number of rotatable bonds is 6. The molecule has 0 saturated heterocycles. The number of hydrogen-bond donors (Lipinski definition) is 2. The molecule has 8 heteroatoms. The molecule has 1 heterocycles. The molecule has 3 rings (SSSR count). The van der Waals surface area contributed by atoms with Crippen LogP contribution >= 0.6 is 0 Å². The standard InChI is InChI=1S/C18H18N2O6/c1-11-13(3-2-4-14(11)20(23)24)18(22)19-8-7-15(21)12-5-6-16-17(9-12)26-10-25-16/h2-6,9,15,21H,7-8,10H2,1H3,(H,19,22). The maximum Gasteiger partial charge on any atom is 0.273 e. The van der Waals surface area contributed by atoms with Crippen molar-refractivity contribution in [2.24, 2.45) is 0 Å². The van der Waals surface area contributed by atoms with Gasteiger partial charge in [0.05, 0.1) is 11.0 Å². The van der Waals surface area contributed by atoms with Gasteiger partial charge in [-0.2, -0.15) is 0 Å². The highest BCUT2D eigenvalue weighted by Gasteiger charge is 2.19. The quantitative estimate of drug-likeness (QED) is 0.606. The molecule has 1 unspecified atom stereocenters. The third kappa shape index (κ3) is 3.60. The molecule has 1 aliphatic heterocycles. The first-order chi connectivity index (χ1) is 12.5. The molecular weight excluding hydrogens is 340 g/mol. The summed E-state index contributed by atoms with van der Waals surface area (Å²) in [7, 11) is 0. The summed E-state index contributed by atoms with van der Waals surface area (Å²) >= 11 is 0. The van der Waals surface area contributed by atoms with Crippen molar-refractivity contribution in [3.63, 3.8) is 0 Å². The lowest BCUT2D eigenvalue weighted by Gasteiger charge is -2.13. The number of amides is 1. The Labute approximate surface area is 149 Å². The van der Waals surface area contributed by atoms with Crippen LogP contribution < -0.4 is 14.8 Å². The largest absolute Gasteiger partial charge is 0.454 e. The van der Waals surface area contributed by atoms with Gasteiger partial charge < -0.3 is 19.9 Å². The van der Waals surface area contributed by atoms with E-state index in [0.717, 1.165) is 0 Å². The number of ether oxygens (including phenoxy) is 2. The number of nitro groups is 1. The molecule has 8 nitrogen and oxygen atoms in total. The average molecular weight is 358 g/mol. The van der Waals surface area contributed by atoms with Crippen molar-refractivity contribution in [1.82, 2.24) is 5.32 Å². The Balaban J connectivity index is 1.59. The van der Waals surface area contributed by atoms with E-state index in [2.05, 4.69) is 5.32 Å². The summed E-state index contributed by atoms with van der Waals surface area (Å²) < 4.78 is 10.5. The van der Waals surface area contributed by atoms with Crippen LogP contribution in [0.25, 0.3) is 0 Å². The minimum atomic E-state index is -0.781. The number of benzene rings is 2. The Morgan fingerprint density at radius 1 is 1.31 bits per heavy atom. The van der Waals surface area contributed by atoms with Crippen LogP contribution in [0.3, 0.4) is 0 Å². The number of aliphatic hydroxyl groups is 1. The average Bonchev–Trinajstić information content (AvgIpc) is 3.09. The predicted octanol–water partition coefficient (Wildman–Crippen LogP) is 2.49. The molecule has 0 aliphatic carbocycles. The van der Waals surface area contributed by atoms with Gasteiger partial charge in [-0.05, 0) is 37.1 Å².